The Labute approximate surface area is 126 Å². The summed E-state index contributed by atoms with van der Waals surface area (Å²) in [5.74, 6) is 0.0939. The summed E-state index contributed by atoms with van der Waals surface area (Å²) in [6.07, 6.45) is 0. The molecule has 0 saturated heterocycles. The third kappa shape index (κ3) is 3.61. The van der Waals surface area contributed by atoms with Crippen molar-refractivity contribution in [1.29, 1.82) is 0 Å². The van der Waals surface area contributed by atoms with Gasteiger partial charge >= 0.3 is 0 Å². The van der Waals surface area contributed by atoms with Gasteiger partial charge < -0.3 is 10.6 Å². The molecule has 0 amide bonds. The van der Waals surface area contributed by atoms with E-state index in [2.05, 4.69) is 30.9 Å². The second-order valence-corrected chi connectivity index (χ2v) is 5.26. The number of anilines is 1. The minimum Gasteiger partial charge on any atom is -0.367 e. The fraction of sp³-hybridized carbons (Fsp3) is 0.333. The minimum atomic E-state index is -0.213. The monoisotopic (exact) mass is 286 g/mol. The first-order chi connectivity index (χ1) is 10.2. The van der Waals surface area contributed by atoms with Crippen LogP contribution in [0.2, 0.25) is 0 Å². The summed E-state index contributed by atoms with van der Waals surface area (Å²) in [5, 5.41) is 0. The number of nitrogens with zero attached hydrogens (tertiary/aromatic N) is 1. The average molecular weight is 286 g/mol. The van der Waals surface area contributed by atoms with Crippen molar-refractivity contribution < 1.29 is 4.39 Å². The largest absolute Gasteiger partial charge is 0.367 e. The standard InChI is InChI=1S/C18H23FN2/c1-3-21(17-11-9-16(19)10-12-17)18(13-20)14(2)15-7-5-4-6-8-15/h4-12,14,18H,3,13,20H2,1-2H3. The number of halogens is 1. The molecule has 2 nitrogen and oxygen atoms in total. The van der Waals surface area contributed by atoms with Crippen molar-refractivity contribution in [2.45, 2.75) is 25.8 Å². The molecule has 0 radical (unpaired) electrons. The van der Waals surface area contributed by atoms with Crippen LogP contribution in [-0.4, -0.2) is 19.1 Å². The first kappa shape index (κ1) is 15.5. The van der Waals surface area contributed by atoms with Crippen LogP contribution in [0.25, 0.3) is 0 Å². The molecule has 2 atom stereocenters. The van der Waals surface area contributed by atoms with Crippen molar-refractivity contribution in [3.05, 3.63) is 66.0 Å². The second kappa shape index (κ2) is 7.23. The van der Waals surface area contributed by atoms with Gasteiger partial charge in [-0.2, -0.15) is 0 Å². The van der Waals surface area contributed by atoms with Crippen molar-refractivity contribution in [3.63, 3.8) is 0 Å². The van der Waals surface area contributed by atoms with Crippen LogP contribution in [0.3, 0.4) is 0 Å². The van der Waals surface area contributed by atoms with Crippen LogP contribution < -0.4 is 10.6 Å². The van der Waals surface area contributed by atoms with Crippen LogP contribution in [0.15, 0.2) is 54.6 Å². The summed E-state index contributed by atoms with van der Waals surface area (Å²) in [5.41, 5.74) is 8.32. The molecule has 0 bridgehead atoms. The molecule has 112 valence electrons. The molecule has 0 heterocycles. The van der Waals surface area contributed by atoms with Crippen LogP contribution >= 0.6 is 0 Å². The fourth-order valence-corrected chi connectivity index (χ4v) is 2.82. The Morgan fingerprint density at radius 1 is 1.05 bits per heavy atom. The molecule has 0 aromatic heterocycles. The third-order valence-electron chi connectivity index (χ3n) is 4.04. The molecule has 21 heavy (non-hydrogen) atoms. The van der Waals surface area contributed by atoms with E-state index in [0.29, 0.717) is 12.5 Å². The molecule has 2 aromatic rings. The molecular formula is C18H23FN2. The topological polar surface area (TPSA) is 29.3 Å². The van der Waals surface area contributed by atoms with Crippen LogP contribution in [0.5, 0.6) is 0 Å². The number of nitrogens with two attached hydrogens (primary N) is 1. The average Bonchev–Trinajstić information content (AvgIpc) is 2.54. The normalized spacial score (nSPS) is 13.7. The molecule has 2 aromatic carbocycles. The van der Waals surface area contributed by atoms with Crippen molar-refractivity contribution in [2.24, 2.45) is 5.73 Å². The van der Waals surface area contributed by atoms with Crippen molar-refractivity contribution in [1.82, 2.24) is 0 Å². The SMILES string of the molecule is CCN(c1ccc(F)cc1)C(CN)C(C)c1ccccc1. The zero-order valence-electron chi connectivity index (χ0n) is 12.7. The van der Waals surface area contributed by atoms with E-state index in [-0.39, 0.29) is 11.9 Å². The minimum absolute atomic E-state index is 0.183. The van der Waals surface area contributed by atoms with Crippen LogP contribution in [0, 0.1) is 5.82 Å². The molecule has 3 heteroatoms. The summed E-state index contributed by atoms with van der Waals surface area (Å²) in [4.78, 5) is 2.25. The van der Waals surface area contributed by atoms with Gasteiger partial charge in [-0.1, -0.05) is 37.3 Å². The molecule has 0 saturated carbocycles. The van der Waals surface area contributed by atoms with Gasteiger partial charge in [0.2, 0.25) is 0 Å². The predicted molar refractivity (Wildman–Crippen MR) is 87.1 cm³/mol. The summed E-state index contributed by atoms with van der Waals surface area (Å²) < 4.78 is 13.1. The predicted octanol–water partition coefficient (Wildman–Crippen LogP) is 3.78. The number of likely N-dealkylation sites (N-methyl/N-ethyl adjacent to an activating group) is 1. The van der Waals surface area contributed by atoms with Crippen molar-refractivity contribution in [3.8, 4) is 0 Å². The highest BCUT2D eigenvalue weighted by Crippen LogP contribution is 2.27. The van der Waals surface area contributed by atoms with Crippen molar-refractivity contribution in [2.75, 3.05) is 18.0 Å². The molecule has 2 unspecified atom stereocenters. The Morgan fingerprint density at radius 2 is 1.67 bits per heavy atom. The van der Waals surface area contributed by atoms with E-state index >= 15 is 0 Å². The molecule has 0 aliphatic carbocycles. The summed E-state index contributed by atoms with van der Waals surface area (Å²) >= 11 is 0. The van der Waals surface area contributed by atoms with Gasteiger partial charge in [-0.15, -0.1) is 0 Å². The van der Waals surface area contributed by atoms with Crippen LogP contribution in [0.4, 0.5) is 10.1 Å². The number of hydrogen-bond donors (Lipinski definition) is 1. The lowest BCUT2D eigenvalue weighted by Crippen LogP contribution is -2.44. The van der Waals surface area contributed by atoms with Gasteiger partial charge in [0, 0.05) is 30.7 Å². The smallest absolute Gasteiger partial charge is 0.123 e. The molecule has 0 spiro atoms. The van der Waals surface area contributed by atoms with E-state index in [9.17, 15) is 4.39 Å². The first-order valence-electron chi connectivity index (χ1n) is 7.44. The van der Waals surface area contributed by atoms with E-state index in [1.54, 1.807) is 0 Å². The van der Waals surface area contributed by atoms with Gasteiger partial charge in [-0.05, 0) is 36.8 Å². The Balaban J connectivity index is 2.27. The Bertz CT molecular complexity index is 539. The zero-order chi connectivity index (χ0) is 15.2. The summed E-state index contributed by atoms with van der Waals surface area (Å²) in [6.45, 7) is 5.69. The first-order valence-corrected chi connectivity index (χ1v) is 7.44. The lowest BCUT2D eigenvalue weighted by molar-refractivity contribution is 0.527. The molecule has 2 N–H and O–H groups in total. The van der Waals surface area contributed by atoms with E-state index in [0.717, 1.165) is 12.2 Å². The summed E-state index contributed by atoms with van der Waals surface area (Å²) in [7, 11) is 0. The van der Waals surface area contributed by atoms with Gasteiger partial charge in [0.05, 0.1) is 0 Å². The number of hydrogen-bond acceptors (Lipinski definition) is 2. The van der Waals surface area contributed by atoms with E-state index < -0.39 is 0 Å². The maximum Gasteiger partial charge on any atom is 0.123 e. The number of benzene rings is 2. The van der Waals surface area contributed by atoms with Gasteiger partial charge in [0.15, 0.2) is 0 Å². The Morgan fingerprint density at radius 3 is 2.19 bits per heavy atom. The molecular weight excluding hydrogens is 263 g/mol. The Kier molecular flexibility index (Phi) is 5.34. The van der Waals surface area contributed by atoms with E-state index in [4.69, 9.17) is 5.73 Å². The second-order valence-electron chi connectivity index (χ2n) is 5.26. The zero-order valence-corrected chi connectivity index (χ0v) is 12.7. The molecule has 0 aliphatic rings. The van der Waals surface area contributed by atoms with Gasteiger partial charge in [0.1, 0.15) is 5.82 Å². The molecule has 0 aliphatic heterocycles. The number of rotatable bonds is 6. The quantitative estimate of drug-likeness (QED) is 0.875. The van der Waals surface area contributed by atoms with E-state index in [1.165, 1.54) is 17.7 Å². The maximum absolute atomic E-state index is 13.1. The van der Waals surface area contributed by atoms with Crippen molar-refractivity contribution >= 4 is 5.69 Å². The van der Waals surface area contributed by atoms with Gasteiger partial charge in [0.25, 0.3) is 0 Å². The maximum atomic E-state index is 13.1. The summed E-state index contributed by atoms with van der Waals surface area (Å²) in [6, 6.07) is 17.2. The Hall–Kier alpha value is -1.87. The highest BCUT2D eigenvalue weighted by molar-refractivity contribution is 5.48. The highest BCUT2D eigenvalue weighted by atomic mass is 19.1. The molecule has 0 fully saturated rings. The highest BCUT2D eigenvalue weighted by Gasteiger charge is 2.23. The van der Waals surface area contributed by atoms with E-state index in [1.807, 2.05) is 30.3 Å². The van der Waals surface area contributed by atoms with Gasteiger partial charge in [-0.3, -0.25) is 0 Å². The third-order valence-corrected chi connectivity index (χ3v) is 4.04. The van der Waals surface area contributed by atoms with Crippen LogP contribution in [0.1, 0.15) is 25.3 Å². The van der Waals surface area contributed by atoms with Gasteiger partial charge in [-0.25, -0.2) is 4.39 Å². The molecule has 2 rings (SSSR count). The lowest BCUT2D eigenvalue weighted by atomic mass is 9.91. The fourth-order valence-electron chi connectivity index (χ4n) is 2.82. The lowest BCUT2D eigenvalue weighted by Gasteiger charge is -2.36. The van der Waals surface area contributed by atoms with Crippen LogP contribution in [-0.2, 0) is 0 Å².